The molecular weight excluding hydrogens is 528 g/mol. The number of fused-ring (bicyclic) bond motifs is 1. The van der Waals surface area contributed by atoms with Crippen molar-refractivity contribution in [2.24, 2.45) is 0 Å². The molecule has 1 aromatic heterocycles. The molecule has 2 heterocycles. The van der Waals surface area contributed by atoms with Crippen molar-refractivity contribution in [2.75, 3.05) is 40.4 Å². The van der Waals surface area contributed by atoms with Gasteiger partial charge in [-0.2, -0.15) is 9.78 Å². The van der Waals surface area contributed by atoms with Crippen LogP contribution in [0.2, 0.25) is 0 Å². The second-order valence-corrected chi connectivity index (χ2v) is 13.1. The number of likely N-dealkylation sites (N-methyl/N-ethyl adjacent to an activating group) is 2. The molecule has 1 atom stereocenters. The van der Waals surface area contributed by atoms with Gasteiger partial charge in [0.2, 0.25) is 0 Å². The Labute approximate surface area is 244 Å². The molecule has 1 aliphatic heterocycles. The SMILES string of the molecule is CN(CCN(C)C(=O)OC(C)(C)C)Cc1nn(C(=O)OC(C)(C)C)c2cccc(OCCCC3COC(C)(C)O3)c12. The lowest BCUT2D eigenvalue weighted by molar-refractivity contribution is -0.139. The Hall–Kier alpha value is -2.89. The summed E-state index contributed by atoms with van der Waals surface area (Å²) in [5.41, 5.74) is 0.0569. The first kappa shape index (κ1) is 32.6. The van der Waals surface area contributed by atoms with Crippen LogP contribution in [-0.2, 0) is 25.5 Å². The van der Waals surface area contributed by atoms with Crippen molar-refractivity contribution in [2.45, 2.75) is 97.9 Å². The number of hydrogen-bond acceptors (Lipinski definition) is 9. The standard InChI is InChI=1S/C30H48N4O7/c1-28(2,3)40-26(35)33(10)17-16-32(9)19-22-25-23(34(31-22)27(36)41-29(4,5)6)14-11-15-24(25)37-18-12-13-21-20-38-30(7,8)39-21/h11,14-15,21H,12-13,16-20H2,1-10H3. The summed E-state index contributed by atoms with van der Waals surface area (Å²) >= 11 is 0. The van der Waals surface area contributed by atoms with E-state index in [-0.39, 0.29) is 12.2 Å². The summed E-state index contributed by atoms with van der Waals surface area (Å²) in [4.78, 5) is 29.0. The zero-order valence-electron chi connectivity index (χ0n) is 26.4. The predicted molar refractivity (Wildman–Crippen MR) is 156 cm³/mol. The topological polar surface area (TPSA) is 105 Å². The summed E-state index contributed by atoms with van der Waals surface area (Å²) in [7, 11) is 3.65. The van der Waals surface area contributed by atoms with Crippen LogP contribution < -0.4 is 4.74 Å². The molecule has 0 spiro atoms. The summed E-state index contributed by atoms with van der Waals surface area (Å²) < 4.78 is 30.2. The monoisotopic (exact) mass is 576 g/mol. The van der Waals surface area contributed by atoms with Crippen LogP contribution in [0, 0.1) is 0 Å². The molecule has 0 radical (unpaired) electrons. The fourth-order valence-electron chi connectivity index (χ4n) is 4.37. The number of carbonyl (C=O) groups is 2. The Bertz CT molecular complexity index is 1200. The average molecular weight is 577 g/mol. The van der Waals surface area contributed by atoms with E-state index >= 15 is 0 Å². The third-order valence-electron chi connectivity index (χ3n) is 6.25. The summed E-state index contributed by atoms with van der Waals surface area (Å²) in [6.45, 7) is 17.3. The molecule has 11 nitrogen and oxygen atoms in total. The van der Waals surface area contributed by atoms with Gasteiger partial charge in [-0.1, -0.05) is 6.07 Å². The molecule has 0 N–H and O–H groups in total. The normalized spacial score (nSPS) is 17.2. The molecule has 2 aromatic rings. The van der Waals surface area contributed by atoms with Crippen molar-refractivity contribution in [3.8, 4) is 5.75 Å². The van der Waals surface area contributed by atoms with E-state index in [0.29, 0.717) is 49.8 Å². The summed E-state index contributed by atoms with van der Waals surface area (Å²) in [5, 5.41) is 5.43. The van der Waals surface area contributed by atoms with E-state index in [1.807, 2.05) is 85.5 Å². The Morgan fingerprint density at radius 1 is 1.07 bits per heavy atom. The number of ether oxygens (including phenoxy) is 5. The molecule has 0 aliphatic carbocycles. The van der Waals surface area contributed by atoms with Gasteiger partial charge in [-0.25, -0.2) is 9.59 Å². The van der Waals surface area contributed by atoms with Crippen molar-refractivity contribution in [1.82, 2.24) is 19.6 Å². The largest absolute Gasteiger partial charge is 0.493 e. The number of hydrogen-bond donors (Lipinski definition) is 0. The zero-order valence-corrected chi connectivity index (χ0v) is 26.4. The minimum atomic E-state index is -0.673. The summed E-state index contributed by atoms with van der Waals surface area (Å²) in [6, 6.07) is 5.58. The highest BCUT2D eigenvalue weighted by Gasteiger charge is 2.32. The first-order valence-electron chi connectivity index (χ1n) is 14.3. The quantitative estimate of drug-likeness (QED) is 0.343. The minimum Gasteiger partial charge on any atom is -0.493 e. The van der Waals surface area contributed by atoms with E-state index < -0.39 is 23.1 Å². The molecule has 41 heavy (non-hydrogen) atoms. The Balaban J connectivity index is 1.75. The number of nitrogens with zero attached hydrogens (tertiary/aromatic N) is 4. The van der Waals surface area contributed by atoms with Gasteiger partial charge in [0.05, 0.1) is 35.9 Å². The molecule has 1 amide bonds. The maximum absolute atomic E-state index is 13.1. The lowest BCUT2D eigenvalue weighted by Crippen LogP contribution is -2.38. The molecule has 0 saturated carbocycles. The van der Waals surface area contributed by atoms with Crippen LogP contribution in [0.4, 0.5) is 9.59 Å². The van der Waals surface area contributed by atoms with Crippen molar-refractivity contribution >= 4 is 23.1 Å². The van der Waals surface area contributed by atoms with Gasteiger partial charge >= 0.3 is 12.2 Å². The lowest BCUT2D eigenvalue weighted by Gasteiger charge is -2.26. The molecule has 0 bridgehead atoms. The van der Waals surface area contributed by atoms with Crippen LogP contribution in [0.25, 0.3) is 10.9 Å². The first-order valence-corrected chi connectivity index (χ1v) is 14.3. The van der Waals surface area contributed by atoms with Gasteiger partial charge < -0.3 is 28.6 Å². The summed E-state index contributed by atoms with van der Waals surface area (Å²) in [6.07, 6.45) is 0.713. The highest BCUT2D eigenvalue weighted by atomic mass is 16.7. The lowest BCUT2D eigenvalue weighted by atomic mass is 10.1. The molecule has 1 aromatic carbocycles. The third-order valence-corrected chi connectivity index (χ3v) is 6.25. The van der Waals surface area contributed by atoms with Gasteiger partial charge in [0.15, 0.2) is 5.79 Å². The van der Waals surface area contributed by atoms with Crippen molar-refractivity contribution in [3.05, 3.63) is 23.9 Å². The highest BCUT2D eigenvalue weighted by molar-refractivity contribution is 5.94. The van der Waals surface area contributed by atoms with E-state index in [2.05, 4.69) is 5.10 Å². The first-order chi connectivity index (χ1) is 18.9. The smallest absolute Gasteiger partial charge is 0.435 e. The van der Waals surface area contributed by atoms with Crippen molar-refractivity contribution < 1.29 is 33.3 Å². The number of amides is 1. The van der Waals surface area contributed by atoms with Gasteiger partial charge in [-0.15, -0.1) is 0 Å². The van der Waals surface area contributed by atoms with Gasteiger partial charge in [0.25, 0.3) is 0 Å². The van der Waals surface area contributed by atoms with Crippen molar-refractivity contribution in [1.29, 1.82) is 0 Å². The predicted octanol–water partition coefficient (Wildman–Crippen LogP) is 5.43. The van der Waals surface area contributed by atoms with Gasteiger partial charge in [0, 0.05) is 26.7 Å². The number of benzene rings is 1. The van der Waals surface area contributed by atoms with E-state index in [4.69, 9.17) is 23.7 Å². The maximum atomic E-state index is 13.1. The molecule has 3 rings (SSSR count). The summed E-state index contributed by atoms with van der Waals surface area (Å²) in [5.74, 6) is 0.103. The number of carbonyl (C=O) groups excluding carboxylic acids is 2. The Morgan fingerprint density at radius 3 is 2.37 bits per heavy atom. The fourth-order valence-corrected chi connectivity index (χ4v) is 4.37. The van der Waals surface area contributed by atoms with Crippen LogP contribution >= 0.6 is 0 Å². The maximum Gasteiger partial charge on any atom is 0.435 e. The van der Waals surface area contributed by atoms with E-state index in [0.717, 1.165) is 18.2 Å². The van der Waals surface area contributed by atoms with E-state index in [1.165, 1.54) is 4.68 Å². The molecule has 11 heteroatoms. The van der Waals surface area contributed by atoms with Crippen LogP contribution in [0.15, 0.2) is 18.2 Å². The second-order valence-electron chi connectivity index (χ2n) is 13.1. The van der Waals surface area contributed by atoms with Crippen LogP contribution in [0.1, 0.15) is 73.9 Å². The van der Waals surface area contributed by atoms with Gasteiger partial charge in [-0.3, -0.25) is 4.90 Å². The second kappa shape index (κ2) is 13.0. The van der Waals surface area contributed by atoms with E-state index in [9.17, 15) is 9.59 Å². The Morgan fingerprint density at radius 2 is 1.76 bits per heavy atom. The number of aromatic nitrogens is 2. The van der Waals surface area contributed by atoms with Crippen LogP contribution in [-0.4, -0.2) is 95.3 Å². The highest BCUT2D eigenvalue weighted by Crippen LogP contribution is 2.31. The van der Waals surface area contributed by atoms with Crippen LogP contribution in [0.3, 0.4) is 0 Å². The van der Waals surface area contributed by atoms with Crippen LogP contribution in [0.5, 0.6) is 5.75 Å². The molecule has 230 valence electrons. The molecule has 1 fully saturated rings. The third kappa shape index (κ3) is 9.86. The molecular formula is C30H48N4O7. The Kier molecular flexibility index (Phi) is 10.3. The zero-order chi connectivity index (χ0) is 30.6. The molecule has 1 saturated heterocycles. The fraction of sp³-hybridized carbons (Fsp3) is 0.700. The van der Waals surface area contributed by atoms with Crippen molar-refractivity contribution in [3.63, 3.8) is 0 Å². The average Bonchev–Trinajstić information content (AvgIpc) is 3.38. The molecule has 1 aliphatic rings. The van der Waals surface area contributed by atoms with Gasteiger partial charge in [-0.05, 0) is 87.4 Å². The molecule has 1 unspecified atom stereocenters. The number of rotatable bonds is 10. The van der Waals surface area contributed by atoms with E-state index in [1.54, 1.807) is 11.9 Å². The van der Waals surface area contributed by atoms with Gasteiger partial charge in [0.1, 0.15) is 17.0 Å². The minimum absolute atomic E-state index is 0.0438.